The first-order chi connectivity index (χ1) is 24.3. The molecular formula is C30H32F16N2O5. The van der Waals surface area contributed by atoms with E-state index in [0.717, 1.165) is 25.7 Å². The lowest BCUT2D eigenvalue weighted by atomic mass is 10.1. The molecule has 304 valence electrons. The molecule has 0 saturated carbocycles. The first-order valence-electron chi connectivity index (χ1n) is 15.4. The second-order valence-electron chi connectivity index (χ2n) is 11.2. The number of hydrogen-bond acceptors (Lipinski definition) is 7. The van der Waals surface area contributed by atoms with Gasteiger partial charge in [-0.2, -0.15) is 65.9 Å². The number of rotatable bonds is 24. The first-order valence-corrected chi connectivity index (χ1v) is 15.4. The van der Waals surface area contributed by atoms with Crippen molar-refractivity contribution in [1.29, 1.82) is 0 Å². The van der Waals surface area contributed by atoms with Crippen molar-refractivity contribution in [2.24, 2.45) is 0 Å². The summed E-state index contributed by atoms with van der Waals surface area (Å²) in [7, 11) is 0. The van der Waals surface area contributed by atoms with Gasteiger partial charge in [-0.25, -0.2) is 23.8 Å². The van der Waals surface area contributed by atoms with E-state index in [0.29, 0.717) is 23.7 Å². The van der Waals surface area contributed by atoms with Gasteiger partial charge >= 0.3 is 42.5 Å². The fourth-order valence-electron chi connectivity index (χ4n) is 3.93. The summed E-state index contributed by atoms with van der Waals surface area (Å²) in [6, 6.07) is 5.99. The van der Waals surface area contributed by atoms with E-state index in [1.807, 2.05) is 0 Å². The Bertz CT molecular complexity index is 1380. The minimum Gasteiger partial charge on any atom is -0.493 e. The average Bonchev–Trinajstić information content (AvgIpc) is 3.03. The van der Waals surface area contributed by atoms with Crippen LogP contribution in [0.4, 0.5) is 70.2 Å². The molecule has 2 aromatic rings. The minimum atomic E-state index is -7.96. The Morgan fingerprint density at radius 1 is 0.604 bits per heavy atom. The number of nitrogens with zero attached hydrogens (tertiary/aromatic N) is 2. The van der Waals surface area contributed by atoms with Crippen molar-refractivity contribution in [3.63, 3.8) is 0 Å². The molecule has 2 rings (SSSR count). The van der Waals surface area contributed by atoms with Gasteiger partial charge in [0, 0.05) is 12.0 Å². The fraction of sp³-hybridized carbons (Fsp3) is 0.667. The quantitative estimate of drug-likeness (QED) is 0.0773. The zero-order valence-corrected chi connectivity index (χ0v) is 27.3. The molecule has 53 heavy (non-hydrogen) atoms. The van der Waals surface area contributed by atoms with Crippen LogP contribution in [0.25, 0.3) is 11.4 Å². The van der Waals surface area contributed by atoms with E-state index < -0.39 is 74.9 Å². The van der Waals surface area contributed by atoms with Gasteiger partial charge in [0.25, 0.3) is 0 Å². The summed E-state index contributed by atoms with van der Waals surface area (Å²) in [5, 5.41) is 0. The van der Waals surface area contributed by atoms with Gasteiger partial charge in [-0.3, -0.25) is 0 Å². The lowest BCUT2D eigenvalue weighted by Gasteiger charge is -2.36. The van der Waals surface area contributed by atoms with Crippen LogP contribution in [-0.2, 0) is 14.2 Å². The van der Waals surface area contributed by atoms with E-state index in [1.54, 1.807) is 12.1 Å². The molecular weight excluding hydrogens is 772 g/mol. The van der Waals surface area contributed by atoms with Crippen LogP contribution in [0.2, 0.25) is 0 Å². The number of hydrogen-bond donors (Lipinski definition) is 0. The SMILES string of the molecule is CCCCCCCCOc1cnc(-c2ccc(OCCC(F)COCC(F)(F)OC(F)(F)C(F)(F)OC(F)(F)C(F)(F)C(F)(F)C(F)(F)F)cc2)nc1. The maximum absolute atomic E-state index is 14.1. The molecule has 0 aliphatic heterocycles. The van der Waals surface area contributed by atoms with Crippen molar-refractivity contribution in [3.8, 4) is 22.9 Å². The monoisotopic (exact) mass is 804 g/mol. The van der Waals surface area contributed by atoms with Crippen LogP contribution < -0.4 is 9.47 Å². The predicted molar refractivity (Wildman–Crippen MR) is 150 cm³/mol. The molecule has 0 bridgehead atoms. The van der Waals surface area contributed by atoms with Crippen LogP contribution in [0.5, 0.6) is 11.5 Å². The minimum absolute atomic E-state index is 0.191. The average molecular weight is 805 g/mol. The largest absolute Gasteiger partial charge is 0.493 e. The van der Waals surface area contributed by atoms with Gasteiger partial charge in [-0.15, -0.1) is 0 Å². The molecule has 0 fully saturated rings. The second-order valence-corrected chi connectivity index (χ2v) is 11.2. The zero-order valence-electron chi connectivity index (χ0n) is 27.3. The Balaban J connectivity index is 1.80. The highest BCUT2D eigenvalue weighted by Gasteiger charge is 2.85. The molecule has 23 heteroatoms. The molecule has 0 radical (unpaired) electrons. The Morgan fingerprint density at radius 2 is 1.13 bits per heavy atom. The smallest absolute Gasteiger partial charge is 0.460 e. The molecule has 0 aliphatic rings. The van der Waals surface area contributed by atoms with Crippen LogP contribution >= 0.6 is 0 Å². The van der Waals surface area contributed by atoms with Gasteiger partial charge in [0.1, 0.15) is 18.5 Å². The van der Waals surface area contributed by atoms with Gasteiger partial charge < -0.3 is 14.2 Å². The van der Waals surface area contributed by atoms with E-state index in [1.165, 1.54) is 42.1 Å². The lowest BCUT2D eigenvalue weighted by molar-refractivity contribution is -0.543. The van der Waals surface area contributed by atoms with E-state index in [9.17, 15) is 70.2 Å². The zero-order chi connectivity index (χ0) is 40.4. The molecule has 1 atom stereocenters. The molecule has 7 nitrogen and oxygen atoms in total. The van der Waals surface area contributed by atoms with Gasteiger partial charge in [0.2, 0.25) is 0 Å². The fourth-order valence-corrected chi connectivity index (χ4v) is 3.93. The standard InChI is InChI=1S/C30H32F16N2O5/c1-2-3-4-5-6-7-13-50-22-15-47-23(48-16-22)19-8-10-21(11-9-19)51-14-12-20(31)17-49-18-24(32,33)52-29(43,44)30(45,46)53-28(41,42)26(36,37)25(34,35)27(38,39)40/h8-11,15-16,20H,2-7,12-14,17-18H2,1H3. The van der Waals surface area contributed by atoms with Crippen molar-refractivity contribution in [2.75, 3.05) is 26.4 Å². The van der Waals surface area contributed by atoms with Gasteiger partial charge in [-0.1, -0.05) is 39.0 Å². The Morgan fingerprint density at radius 3 is 1.70 bits per heavy atom. The third-order valence-electron chi connectivity index (χ3n) is 6.76. The summed E-state index contributed by atoms with van der Waals surface area (Å²) in [4.78, 5) is 8.43. The van der Waals surface area contributed by atoms with E-state index in [-0.39, 0.29) is 5.75 Å². The van der Waals surface area contributed by atoms with Gasteiger partial charge in [-0.05, 0) is 30.7 Å². The van der Waals surface area contributed by atoms with Crippen molar-refractivity contribution in [2.45, 2.75) is 100 Å². The molecule has 0 amide bonds. The summed E-state index contributed by atoms with van der Waals surface area (Å²) in [5.74, 6) is -14.8. The summed E-state index contributed by atoms with van der Waals surface area (Å²) in [6.07, 6.45) is -28.6. The number of alkyl halides is 16. The van der Waals surface area contributed by atoms with Crippen molar-refractivity contribution >= 4 is 0 Å². The number of benzene rings is 1. The topological polar surface area (TPSA) is 71.9 Å². The Hall–Kier alpha value is -3.34. The summed E-state index contributed by atoms with van der Waals surface area (Å²) in [5.41, 5.74) is 0.560. The highest BCUT2D eigenvalue weighted by molar-refractivity contribution is 5.56. The molecule has 0 spiro atoms. The van der Waals surface area contributed by atoms with Crippen LogP contribution in [0.15, 0.2) is 36.7 Å². The number of unbranched alkanes of at least 4 members (excludes halogenated alkanes) is 5. The molecule has 0 saturated heterocycles. The molecule has 1 unspecified atom stereocenters. The van der Waals surface area contributed by atoms with Gasteiger partial charge in [0.15, 0.2) is 11.6 Å². The molecule has 1 aromatic carbocycles. The van der Waals surface area contributed by atoms with Crippen LogP contribution in [-0.4, -0.2) is 85.0 Å². The maximum atomic E-state index is 14.1. The highest BCUT2D eigenvalue weighted by atomic mass is 19.4. The van der Waals surface area contributed by atoms with E-state index >= 15 is 0 Å². The normalized spacial score (nSPS) is 14.4. The second kappa shape index (κ2) is 18.3. The predicted octanol–water partition coefficient (Wildman–Crippen LogP) is 10.2. The van der Waals surface area contributed by atoms with Crippen molar-refractivity contribution in [1.82, 2.24) is 9.97 Å². The number of halogens is 16. The molecule has 0 N–H and O–H groups in total. The number of aromatic nitrogens is 2. The molecule has 1 aromatic heterocycles. The van der Waals surface area contributed by atoms with E-state index in [2.05, 4.69) is 26.4 Å². The highest BCUT2D eigenvalue weighted by Crippen LogP contribution is 2.56. The Labute approximate surface area is 290 Å². The number of ether oxygens (including phenoxy) is 5. The van der Waals surface area contributed by atoms with Crippen LogP contribution in [0.3, 0.4) is 0 Å². The molecule has 0 aliphatic carbocycles. The third kappa shape index (κ3) is 12.9. The van der Waals surface area contributed by atoms with Crippen LogP contribution in [0, 0.1) is 0 Å². The van der Waals surface area contributed by atoms with Crippen molar-refractivity contribution < 1.29 is 93.9 Å². The maximum Gasteiger partial charge on any atom is 0.460 e. The van der Waals surface area contributed by atoms with Gasteiger partial charge in [0.05, 0.1) is 32.2 Å². The lowest BCUT2D eigenvalue weighted by Crippen LogP contribution is -2.64. The summed E-state index contributed by atoms with van der Waals surface area (Å²) in [6.45, 7) is -1.64. The third-order valence-corrected chi connectivity index (χ3v) is 6.76. The molecule has 1 heterocycles. The van der Waals surface area contributed by atoms with Crippen molar-refractivity contribution in [3.05, 3.63) is 36.7 Å². The summed E-state index contributed by atoms with van der Waals surface area (Å²) >= 11 is 0. The van der Waals surface area contributed by atoms with Crippen LogP contribution in [0.1, 0.15) is 51.9 Å². The Kier molecular flexibility index (Phi) is 15.8. The van der Waals surface area contributed by atoms with E-state index in [4.69, 9.17) is 9.47 Å². The first kappa shape index (κ1) is 45.8. The summed E-state index contributed by atoms with van der Waals surface area (Å²) < 4.78 is 229.